The molecule has 98 valence electrons. The monoisotopic (exact) mass is 247 g/mol. The molecule has 1 aromatic rings. The summed E-state index contributed by atoms with van der Waals surface area (Å²) in [4.78, 5) is 12.6. The summed E-state index contributed by atoms with van der Waals surface area (Å²) in [6.45, 7) is 7.56. The number of quaternary nitrogens is 1. The van der Waals surface area contributed by atoms with Crippen LogP contribution in [0.3, 0.4) is 0 Å². The molecule has 1 saturated heterocycles. The highest BCUT2D eigenvalue weighted by molar-refractivity contribution is 5.88. The summed E-state index contributed by atoms with van der Waals surface area (Å²) in [5.74, 6) is 0.839. The lowest BCUT2D eigenvalue weighted by Gasteiger charge is -2.27. The highest BCUT2D eigenvalue weighted by Gasteiger charge is 2.19. The van der Waals surface area contributed by atoms with Gasteiger partial charge >= 0.3 is 0 Å². The summed E-state index contributed by atoms with van der Waals surface area (Å²) in [7, 11) is 0. The van der Waals surface area contributed by atoms with Gasteiger partial charge in [-0.25, -0.2) is 0 Å². The molecule has 1 heterocycles. The molecule has 2 N–H and O–H groups in total. The van der Waals surface area contributed by atoms with Gasteiger partial charge in [-0.05, 0) is 25.0 Å². The van der Waals surface area contributed by atoms with Gasteiger partial charge in [0.25, 0.3) is 0 Å². The van der Waals surface area contributed by atoms with Gasteiger partial charge in [0.2, 0.25) is 5.91 Å². The van der Waals surface area contributed by atoms with Crippen LogP contribution in [-0.2, 0) is 11.3 Å². The smallest absolute Gasteiger partial charge is 0.221 e. The Balaban J connectivity index is 1.91. The molecule has 1 aliphatic rings. The van der Waals surface area contributed by atoms with Crippen LogP contribution in [0.5, 0.6) is 0 Å². The van der Waals surface area contributed by atoms with Gasteiger partial charge in [0, 0.05) is 24.1 Å². The van der Waals surface area contributed by atoms with Crippen LogP contribution in [-0.4, -0.2) is 19.0 Å². The molecule has 1 fully saturated rings. The third kappa shape index (κ3) is 3.84. The van der Waals surface area contributed by atoms with Crippen LogP contribution in [0.2, 0.25) is 0 Å². The number of hydrogen-bond donors (Lipinski definition) is 2. The SMILES string of the molecule is CC(=O)Nc1ccc(C[NH+]2CCC[C@H](C)C2)cc1. The number of carbonyl (C=O) groups is 1. The van der Waals surface area contributed by atoms with E-state index < -0.39 is 0 Å². The van der Waals surface area contributed by atoms with E-state index in [9.17, 15) is 4.79 Å². The second-order valence-corrected chi connectivity index (χ2v) is 5.51. The third-order valence-electron chi connectivity index (χ3n) is 3.59. The van der Waals surface area contributed by atoms with E-state index in [0.717, 1.165) is 18.2 Å². The Bertz CT molecular complexity index is 399. The molecule has 1 amide bonds. The zero-order chi connectivity index (χ0) is 13.0. The molecule has 0 spiro atoms. The van der Waals surface area contributed by atoms with Gasteiger partial charge < -0.3 is 10.2 Å². The molecule has 0 aromatic heterocycles. The molecule has 0 bridgehead atoms. The largest absolute Gasteiger partial charge is 0.331 e. The quantitative estimate of drug-likeness (QED) is 0.833. The van der Waals surface area contributed by atoms with Crippen molar-refractivity contribution in [2.75, 3.05) is 18.4 Å². The first-order chi connectivity index (χ1) is 8.63. The van der Waals surface area contributed by atoms with Crippen molar-refractivity contribution in [3.63, 3.8) is 0 Å². The second-order valence-electron chi connectivity index (χ2n) is 5.51. The van der Waals surface area contributed by atoms with Crippen LogP contribution in [0.4, 0.5) is 5.69 Å². The van der Waals surface area contributed by atoms with E-state index in [1.807, 2.05) is 12.1 Å². The van der Waals surface area contributed by atoms with Gasteiger partial charge in [0.1, 0.15) is 6.54 Å². The number of nitrogens with one attached hydrogen (secondary N) is 2. The standard InChI is InChI=1S/C15H22N2O/c1-12-4-3-9-17(10-12)11-14-5-7-15(8-6-14)16-13(2)18/h5-8,12H,3-4,9-11H2,1-2H3,(H,16,18)/p+1/t12-/m0/s1. The molecular formula is C15H23N2O+. The molecule has 0 saturated carbocycles. The van der Waals surface area contributed by atoms with Crippen molar-refractivity contribution in [1.29, 1.82) is 0 Å². The highest BCUT2D eigenvalue weighted by atomic mass is 16.1. The number of hydrogen-bond acceptors (Lipinski definition) is 1. The Kier molecular flexibility index (Phi) is 4.37. The summed E-state index contributed by atoms with van der Waals surface area (Å²) < 4.78 is 0. The molecule has 3 heteroatoms. The average Bonchev–Trinajstić information content (AvgIpc) is 2.31. The zero-order valence-corrected chi connectivity index (χ0v) is 11.3. The van der Waals surface area contributed by atoms with Gasteiger partial charge in [-0.3, -0.25) is 4.79 Å². The highest BCUT2D eigenvalue weighted by Crippen LogP contribution is 2.10. The average molecular weight is 247 g/mol. The van der Waals surface area contributed by atoms with Gasteiger partial charge in [-0.2, -0.15) is 0 Å². The molecule has 1 aliphatic heterocycles. The number of likely N-dealkylation sites (tertiary alicyclic amines) is 1. The van der Waals surface area contributed by atoms with Gasteiger partial charge in [0.15, 0.2) is 0 Å². The van der Waals surface area contributed by atoms with E-state index in [1.165, 1.54) is 38.4 Å². The van der Waals surface area contributed by atoms with E-state index in [-0.39, 0.29) is 5.91 Å². The molecule has 0 radical (unpaired) electrons. The fraction of sp³-hybridized carbons (Fsp3) is 0.533. The Morgan fingerprint density at radius 1 is 1.39 bits per heavy atom. The molecule has 2 atom stereocenters. The van der Waals surface area contributed by atoms with Crippen molar-refractivity contribution >= 4 is 11.6 Å². The number of carbonyl (C=O) groups excluding carboxylic acids is 1. The van der Waals surface area contributed by atoms with Crippen molar-refractivity contribution in [2.45, 2.75) is 33.2 Å². The fourth-order valence-electron chi connectivity index (χ4n) is 2.76. The molecular weight excluding hydrogens is 224 g/mol. The van der Waals surface area contributed by atoms with E-state index in [0.29, 0.717) is 0 Å². The minimum Gasteiger partial charge on any atom is -0.331 e. The number of piperidine rings is 1. The second kappa shape index (κ2) is 6.01. The van der Waals surface area contributed by atoms with Crippen molar-refractivity contribution in [2.24, 2.45) is 5.92 Å². The van der Waals surface area contributed by atoms with E-state index >= 15 is 0 Å². The summed E-state index contributed by atoms with van der Waals surface area (Å²) in [6, 6.07) is 8.22. The Labute approximate surface area is 109 Å². The molecule has 1 aromatic carbocycles. The summed E-state index contributed by atoms with van der Waals surface area (Å²) >= 11 is 0. The van der Waals surface area contributed by atoms with Crippen molar-refractivity contribution in [1.82, 2.24) is 0 Å². The minimum atomic E-state index is -0.0155. The van der Waals surface area contributed by atoms with E-state index in [1.54, 1.807) is 4.90 Å². The first kappa shape index (κ1) is 13.1. The summed E-state index contributed by atoms with van der Waals surface area (Å²) in [5, 5.41) is 2.80. The molecule has 18 heavy (non-hydrogen) atoms. The number of benzene rings is 1. The van der Waals surface area contributed by atoms with Crippen LogP contribution >= 0.6 is 0 Å². The Morgan fingerprint density at radius 2 is 2.11 bits per heavy atom. The predicted molar refractivity (Wildman–Crippen MR) is 73.5 cm³/mol. The summed E-state index contributed by atoms with van der Waals surface area (Å²) in [5.41, 5.74) is 2.24. The lowest BCUT2D eigenvalue weighted by molar-refractivity contribution is -0.922. The number of rotatable bonds is 3. The van der Waals surface area contributed by atoms with Crippen molar-refractivity contribution < 1.29 is 9.69 Å². The zero-order valence-electron chi connectivity index (χ0n) is 11.3. The molecule has 1 unspecified atom stereocenters. The maximum atomic E-state index is 10.9. The first-order valence-electron chi connectivity index (χ1n) is 6.83. The Morgan fingerprint density at radius 3 is 2.72 bits per heavy atom. The van der Waals surface area contributed by atoms with E-state index in [4.69, 9.17) is 0 Å². The van der Waals surface area contributed by atoms with Crippen molar-refractivity contribution in [3.8, 4) is 0 Å². The molecule has 3 nitrogen and oxygen atoms in total. The molecule has 0 aliphatic carbocycles. The van der Waals surface area contributed by atoms with Gasteiger partial charge in [-0.1, -0.05) is 19.1 Å². The van der Waals surface area contributed by atoms with Crippen molar-refractivity contribution in [3.05, 3.63) is 29.8 Å². The third-order valence-corrected chi connectivity index (χ3v) is 3.59. The van der Waals surface area contributed by atoms with Gasteiger partial charge in [0.05, 0.1) is 13.1 Å². The predicted octanol–water partition coefficient (Wildman–Crippen LogP) is 1.46. The maximum Gasteiger partial charge on any atom is 0.221 e. The lowest BCUT2D eigenvalue weighted by Crippen LogP contribution is -3.12. The fourth-order valence-corrected chi connectivity index (χ4v) is 2.76. The lowest BCUT2D eigenvalue weighted by atomic mass is 10.00. The topological polar surface area (TPSA) is 33.5 Å². The summed E-state index contributed by atoms with van der Waals surface area (Å²) in [6.07, 6.45) is 2.73. The van der Waals surface area contributed by atoms with Crippen LogP contribution in [0.15, 0.2) is 24.3 Å². The minimum absolute atomic E-state index is 0.0155. The van der Waals surface area contributed by atoms with Crippen LogP contribution < -0.4 is 10.2 Å². The van der Waals surface area contributed by atoms with Gasteiger partial charge in [-0.15, -0.1) is 0 Å². The normalized spacial score (nSPS) is 23.7. The molecule has 2 rings (SSSR count). The van der Waals surface area contributed by atoms with Crippen LogP contribution in [0.25, 0.3) is 0 Å². The van der Waals surface area contributed by atoms with E-state index in [2.05, 4.69) is 24.4 Å². The number of amides is 1. The first-order valence-corrected chi connectivity index (χ1v) is 6.83. The number of anilines is 1. The maximum absolute atomic E-state index is 10.9. The van der Waals surface area contributed by atoms with Crippen LogP contribution in [0.1, 0.15) is 32.3 Å². The van der Waals surface area contributed by atoms with Crippen LogP contribution in [0, 0.1) is 5.92 Å². The Hall–Kier alpha value is -1.35.